The van der Waals surface area contributed by atoms with Crippen LogP contribution in [0.4, 0.5) is 5.82 Å². The normalized spacial score (nSPS) is 14.5. The number of likely N-dealkylation sites (N-methyl/N-ethyl adjacent to an activating group) is 1. The highest BCUT2D eigenvalue weighted by Crippen LogP contribution is 2.15. The number of amides is 1. The van der Waals surface area contributed by atoms with E-state index in [-0.39, 0.29) is 17.5 Å². The first-order valence-corrected chi connectivity index (χ1v) is 10.7. The molecule has 0 N–H and O–H groups in total. The molecule has 1 aromatic rings. The molecule has 0 aliphatic carbocycles. The second kappa shape index (κ2) is 11.2. The van der Waals surface area contributed by atoms with Gasteiger partial charge in [-0.25, -0.2) is 8.42 Å². The van der Waals surface area contributed by atoms with Crippen LogP contribution in [-0.4, -0.2) is 86.7 Å². The number of carbonyl (C=O) groups excluding carboxylic acids is 1. The third kappa shape index (κ3) is 6.12. The lowest BCUT2D eigenvalue weighted by Crippen LogP contribution is -2.46. The zero-order valence-electron chi connectivity index (χ0n) is 16.9. The van der Waals surface area contributed by atoms with Gasteiger partial charge in [-0.05, 0) is 26.0 Å². The fourth-order valence-corrected chi connectivity index (χ4v) is 3.50. The van der Waals surface area contributed by atoms with Crippen LogP contribution in [0, 0.1) is 0 Å². The largest absolute Gasteiger partial charge is 0.378 e. The van der Waals surface area contributed by atoms with E-state index in [1.54, 1.807) is 11.0 Å². The van der Waals surface area contributed by atoms with Crippen LogP contribution in [-0.2, 0) is 19.6 Å². The van der Waals surface area contributed by atoms with Crippen molar-refractivity contribution in [2.75, 3.05) is 57.9 Å². The third-order valence-corrected chi connectivity index (χ3v) is 5.81. The summed E-state index contributed by atoms with van der Waals surface area (Å²) in [6.45, 7) is 11.1. The van der Waals surface area contributed by atoms with Crippen LogP contribution in [0.1, 0.15) is 27.7 Å². The Labute approximate surface area is 162 Å². The van der Waals surface area contributed by atoms with Crippen molar-refractivity contribution in [1.82, 2.24) is 19.4 Å². The topological polar surface area (TPSA) is 95.9 Å². The van der Waals surface area contributed by atoms with Crippen molar-refractivity contribution in [2.24, 2.45) is 0 Å². The van der Waals surface area contributed by atoms with E-state index >= 15 is 0 Å². The van der Waals surface area contributed by atoms with E-state index in [1.807, 2.05) is 32.6 Å². The molecule has 0 saturated carbocycles. The summed E-state index contributed by atoms with van der Waals surface area (Å²) in [5.41, 5.74) is 0. The van der Waals surface area contributed by atoms with Crippen molar-refractivity contribution in [3.05, 3.63) is 12.1 Å². The molecule has 2 rings (SSSR count). The van der Waals surface area contributed by atoms with Crippen molar-refractivity contribution >= 4 is 21.7 Å². The van der Waals surface area contributed by atoms with Gasteiger partial charge in [0.2, 0.25) is 5.91 Å². The molecule has 0 unspecified atom stereocenters. The average Bonchev–Trinajstić information content (AvgIpc) is 2.71. The zero-order chi connectivity index (χ0) is 20.4. The van der Waals surface area contributed by atoms with Crippen molar-refractivity contribution in [3.8, 4) is 0 Å². The number of nitrogens with zero attached hydrogens (tertiary/aromatic N) is 5. The molecule has 1 aliphatic heterocycles. The highest BCUT2D eigenvalue weighted by Gasteiger charge is 2.27. The molecule has 1 aromatic heterocycles. The Balaban J connectivity index is 0.00000176. The van der Waals surface area contributed by atoms with Gasteiger partial charge in [-0.2, -0.15) is 4.31 Å². The maximum atomic E-state index is 12.6. The number of carbonyl (C=O) groups is 1. The van der Waals surface area contributed by atoms with Gasteiger partial charge in [0.1, 0.15) is 0 Å². The van der Waals surface area contributed by atoms with Crippen LogP contribution in [0.15, 0.2) is 17.2 Å². The fraction of sp³-hybridized carbons (Fsp3) is 0.706. The van der Waals surface area contributed by atoms with Crippen LogP contribution >= 0.6 is 0 Å². The molecule has 1 aliphatic rings. The Morgan fingerprint density at radius 2 is 1.74 bits per heavy atom. The first-order valence-electron chi connectivity index (χ1n) is 9.30. The molecule has 2 heterocycles. The Hall–Kier alpha value is -1.78. The first kappa shape index (κ1) is 23.3. The minimum atomic E-state index is -3.87. The number of morpholine rings is 1. The van der Waals surface area contributed by atoms with E-state index in [1.165, 1.54) is 13.1 Å². The second-order valence-corrected chi connectivity index (χ2v) is 7.65. The summed E-state index contributed by atoms with van der Waals surface area (Å²) in [6.07, 6.45) is 0. The summed E-state index contributed by atoms with van der Waals surface area (Å²) >= 11 is 0. The molecular weight excluding hydrogens is 370 g/mol. The number of ether oxygens (including phenoxy) is 1. The van der Waals surface area contributed by atoms with Gasteiger partial charge in [0.25, 0.3) is 10.0 Å². The first-order chi connectivity index (χ1) is 12.9. The monoisotopic (exact) mass is 401 g/mol. The van der Waals surface area contributed by atoms with Gasteiger partial charge < -0.3 is 14.5 Å². The summed E-state index contributed by atoms with van der Waals surface area (Å²) in [4.78, 5) is 15.8. The molecular formula is C17H31N5O4S. The minimum absolute atomic E-state index is 0.166. The molecule has 0 radical (unpaired) electrons. The summed E-state index contributed by atoms with van der Waals surface area (Å²) in [6, 6.07) is 3.05. The van der Waals surface area contributed by atoms with Crippen LogP contribution in [0.25, 0.3) is 0 Å². The van der Waals surface area contributed by atoms with E-state index in [4.69, 9.17) is 4.74 Å². The molecule has 1 saturated heterocycles. The number of rotatable bonds is 7. The number of sulfonamides is 1. The van der Waals surface area contributed by atoms with Gasteiger partial charge in [-0.3, -0.25) is 4.79 Å². The van der Waals surface area contributed by atoms with E-state index in [9.17, 15) is 13.2 Å². The molecule has 0 aromatic carbocycles. The van der Waals surface area contributed by atoms with Gasteiger partial charge >= 0.3 is 0 Å². The molecule has 1 amide bonds. The summed E-state index contributed by atoms with van der Waals surface area (Å²) in [7, 11) is -2.50. The molecule has 0 bridgehead atoms. The molecule has 0 atom stereocenters. The summed E-state index contributed by atoms with van der Waals surface area (Å²) in [5.74, 6) is 0.373. The van der Waals surface area contributed by atoms with E-state index in [2.05, 4.69) is 10.2 Å². The summed E-state index contributed by atoms with van der Waals surface area (Å²) < 4.78 is 31.4. The van der Waals surface area contributed by atoms with Gasteiger partial charge in [-0.1, -0.05) is 13.8 Å². The maximum absolute atomic E-state index is 12.6. The van der Waals surface area contributed by atoms with Crippen molar-refractivity contribution in [2.45, 2.75) is 32.7 Å². The maximum Gasteiger partial charge on any atom is 0.262 e. The van der Waals surface area contributed by atoms with Crippen LogP contribution < -0.4 is 4.90 Å². The number of aromatic nitrogens is 2. The predicted molar refractivity (Wildman–Crippen MR) is 104 cm³/mol. The van der Waals surface area contributed by atoms with Crippen molar-refractivity contribution in [1.29, 1.82) is 0 Å². The van der Waals surface area contributed by atoms with Crippen molar-refractivity contribution in [3.63, 3.8) is 0 Å². The van der Waals surface area contributed by atoms with Gasteiger partial charge in [0.05, 0.1) is 19.8 Å². The SMILES string of the molecule is CC.CCN(CC)c1ccc(S(=O)(=O)N(C)CC(=O)N2CCOCC2)nn1. The van der Waals surface area contributed by atoms with Gasteiger partial charge in [0, 0.05) is 33.2 Å². The quantitative estimate of drug-likeness (QED) is 0.668. The molecule has 0 spiro atoms. The van der Waals surface area contributed by atoms with Crippen LogP contribution in [0.2, 0.25) is 0 Å². The molecule has 1 fully saturated rings. The molecule has 27 heavy (non-hydrogen) atoms. The predicted octanol–water partition coefficient (Wildman–Crippen LogP) is 0.828. The van der Waals surface area contributed by atoms with Crippen LogP contribution in [0.3, 0.4) is 0 Å². The minimum Gasteiger partial charge on any atom is -0.378 e. The second-order valence-electron chi connectivity index (χ2n) is 5.66. The van der Waals surface area contributed by atoms with Crippen LogP contribution in [0.5, 0.6) is 0 Å². The van der Waals surface area contributed by atoms with E-state index in [0.29, 0.717) is 32.1 Å². The third-order valence-electron chi connectivity index (χ3n) is 4.11. The van der Waals surface area contributed by atoms with Gasteiger partial charge in [0.15, 0.2) is 10.8 Å². The van der Waals surface area contributed by atoms with E-state index < -0.39 is 10.0 Å². The zero-order valence-corrected chi connectivity index (χ0v) is 17.7. The Bertz CT molecular complexity index is 671. The van der Waals surface area contributed by atoms with Crippen molar-refractivity contribution < 1.29 is 17.9 Å². The highest BCUT2D eigenvalue weighted by molar-refractivity contribution is 7.89. The molecule has 154 valence electrons. The Morgan fingerprint density at radius 1 is 1.15 bits per heavy atom. The lowest BCUT2D eigenvalue weighted by atomic mass is 10.4. The van der Waals surface area contributed by atoms with Gasteiger partial charge in [-0.15, -0.1) is 10.2 Å². The Morgan fingerprint density at radius 3 is 2.22 bits per heavy atom. The lowest BCUT2D eigenvalue weighted by molar-refractivity contribution is -0.135. The Kier molecular flexibility index (Phi) is 9.61. The standard InChI is InChI=1S/C15H25N5O4S.C2H6/c1-4-19(5-2)13-6-7-14(17-16-13)25(22,23)18(3)12-15(21)20-8-10-24-11-9-20;1-2/h6-7H,4-5,8-12H2,1-3H3;1-2H3. The molecule has 10 heteroatoms. The fourth-order valence-electron chi connectivity index (χ4n) is 2.51. The number of hydrogen-bond acceptors (Lipinski definition) is 7. The van der Waals surface area contributed by atoms with E-state index in [0.717, 1.165) is 17.4 Å². The highest BCUT2D eigenvalue weighted by atomic mass is 32.2. The number of anilines is 1. The lowest BCUT2D eigenvalue weighted by Gasteiger charge is -2.28. The average molecular weight is 402 g/mol. The molecule has 9 nitrogen and oxygen atoms in total. The summed E-state index contributed by atoms with van der Waals surface area (Å²) in [5, 5.41) is 7.67. The smallest absolute Gasteiger partial charge is 0.262 e. The number of hydrogen-bond donors (Lipinski definition) is 0.